The van der Waals surface area contributed by atoms with Crippen LogP contribution in [0.4, 0.5) is 0 Å². The number of carbonyl (C=O) groups excluding carboxylic acids is 2. The Morgan fingerprint density at radius 2 is 1.67 bits per heavy atom. The number of aryl methyl sites for hydroxylation is 1. The third-order valence-electron chi connectivity index (χ3n) is 4.54. The molecule has 1 amide bonds. The fourth-order valence-electron chi connectivity index (χ4n) is 3.18. The first-order valence-electron chi connectivity index (χ1n) is 9.86. The van der Waals surface area contributed by atoms with Gasteiger partial charge in [-0.1, -0.05) is 55.8 Å². The minimum Gasteiger partial charge on any atom is -0.464 e. The molecule has 0 spiro atoms. The van der Waals surface area contributed by atoms with Gasteiger partial charge < -0.3 is 10.1 Å². The Kier molecular flexibility index (Phi) is 8.56. The summed E-state index contributed by atoms with van der Waals surface area (Å²) >= 11 is 0. The molecule has 8 heteroatoms. The van der Waals surface area contributed by atoms with E-state index in [0.717, 1.165) is 29.5 Å². The van der Waals surface area contributed by atoms with Crippen molar-refractivity contribution in [3.05, 3.63) is 59.7 Å². The molecule has 0 heterocycles. The van der Waals surface area contributed by atoms with Crippen molar-refractivity contribution < 1.29 is 27.3 Å². The van der Waals surface area contributed by atoms with Crippen LogP contribution in [0.1, 0.15) is 42.6 Å². The lowest BCUT2D eigenvalue weighted by atomic mass is 9.93. The molecule has 0 aliphatic rings. The van der Waals surface area contributed by atoms with E-state index in [1.54, 1.807) is 19.1 Å². The zero-order chi connectivity index (χ0) is 22.1. The van der Waals surface area contributed by atoms with Crippen molar-refractivity contribution in [3.8, 4) is 11.1 Å². The van der Waals surface area contributed by atoms with Crippen molar-refractivity contribution in [1.29, 1.82) is 0 Å². The molecule has 0 radical (unpaired) electrons. The van der Waals surface area contributed by atoms with Gasteiger partial charge in [0, 0.05) is 5.56 Å². The predicted octanol–water partition coefficient (Wildman–Crippen LogP) is 3.25. The molecule has 0 saturated heterocycles. The second-order valence-corrected chi connectivity index (χ2v) is 8.38. The Bertz CT molecular complexity index is 987. The zero-order valence-electron chi connectivity index (χ0n) is 17.1. The van der Waals surface area contributed by atoms with Crippen LogP contribution in [0, 0.1) is 0 Å². The SMILES string of the molecule is CCCc1ccccc1-c1ccccc1C(=O)N[C@@H](CCS(=O)(=O)O)C(=O)OCC. The van der Waals surface area contributed by atoms with Crippen LogP contribution in [0.25, 0.3) is 11.1 Å². The molecule has 2 aromatic rings. The molecule has 1 atom stereocenters. The van der Waals surface area contributed by atoms with Crippen molar-refractivity contribution in [2.75, 3.05) is 12.4 Å². The van der Waals surface area contributed by atoms with Gasteiger partial charge in [0.15, 0.2) is 0 Å². The van der Waals surface area contributed by atoms with Gasteiger partial charge in [0.05, 0.1) is 12.4 Å². The van der Waals surface area contributed by atoms with Crippen LogP contribution in [-0.4, -0.2) is 43.2 Å². The molecule has 0 aliphatic heterocycles. The molecule has 0 fully saturated rings. The summed E-state index contributed by atoms with van der Waals surface area (Å²) in [6, 6.07) is 13.6. The van der Waals surface area contributed by atoms with E-state index in [2.05, 4.69) is 12.2 Å². The third-order valence-corrected chi connectivity index (χ3v) is 5.29. The van der Waals surface area contributed by atoms with Crippen molar-refractivity contribution in [3.63, 3.8) is 0 Å². The summed E-state index contributed by atoms with van der Waals surface area (Å²) in [5.41, 5.74) is 3.11. The minimum atomic E-state index is -4.29. The first-order chi connectivity index (χ1) is 14.3. The number of amides is 1. The van der Waals surface area contributed by atoms with Gasteiger partial charge in [0.25, 0.3) is 16.0 Å². The second kappa shape index (κ2) is 10.9. The molecule has 2 rings (SSSR count). The molecular weight excluding hydrogens is 406 g/mol. The quantitative estimate of drug-likeness (QED) is 0.440. The molecule has 162 valence electrons. The molecule has 2 N–H and O–H groups in total. The van der Waals surface area contributed by atoms with E-state index in [9.17, 15) is 18.0 Å². The van der Waals surface area contributed by atoms with Gasteiger partial charge in [0.1, 0.15) is 6.04 Å². The first kappa shape index (κ1) is 23.6. The summed E-state index contributed by atoms with van der Waals surface area (Å²) in [5.74, 6) is -1.94. The van der Waals surface area contributed by atoms with Crippen LogP contribution in [0.2, 0.25) is 0 Å². The van der Waals surface area contributed by atoms with Gasteiger partial charge >= 0.3 is 5.97 Å². The van der Waals surface area contributed by atoms with E-state index in [1.807, 2.05) is 36.4 Å². The molecule has 7 nitrogen and oxygen atoms in total. The maximum atomic E-state index is 13.0. The molecule has 0 aliphatic carbocycles. The number of nitrogens with one attached hydrogen (secondary N) is 1. The van der Waals surface area contributed by atoms with Gasteiger partial charge in [-0.05, 0) is 42.5 Å². The lowest BCUT2D eigenvalue weighted by Gasteiger charge is -2.18. The fraction of sp³-hybridized carbons (Fsp3) is 0.364. The summed E-state index contributed by atoms with van der Waals surface area (Å²) in [7, 11) is -4.29. The average Bonchev–Trinajstić information content (AvgIpc) is 2.71. The number of hydrogen-bond acceptors (Lipinski definition) is 5. The van der Waals surface area contributed by atoms with Crippen molar-refractivity contribution >= 4 is 22.0 Å². The Morgan fingerprint density at radius 1 is 1.03 bits per heavy atom. The summed E-state index contributed by atoms with van der Waals surface area (Å²) in [6.07, 6.45) is 1.51. The highest BCUT2D eigenvalue weighted by molar-refractivity contribution is 7.85. The third kappa shape index (κ3) is 6.67. The van der Waals surface area contributed by atoms with Crippen LogP contribution < -0.4 is 5.32 Å². The van der Waals surface area contributed by atoms with Crippen molar-refractivity contribution in [2.24, 2.45) is 0 Å². The normalized spacial score (nSPS) is 12.2. The van der Waals surface area contributed by atoms with Crippen LogP contribution >= 0.6 is 0 Å². The lowest BCUT2D eigenvalue weighted by Crippen LogP contribution is -2.43. The highest BCUT2D eigenvalue weighted by Crippen LogP contribution is 2.28. The van der Waals surface area contributed by atoms with E-state index >= 15 is 0 Å². The molecule has 30 heavy (non-hydrogen) atoms. The molecule has 0 unspecified atom stereocenters. The predicted molar refractivity (Wildman–Crippen MR) is 115 cm³/mol. The summed E-state index contributed by atoms with van der Waals surface area (Å²) in [5, 5.41) is 2.56. The lowest BCUT2D eigenvalue weighted by molar-refractivity contribution is -0.145. The Morgan fingerprint density at radius 3 is 2.30 bits per heavy atom. The highest BCUT2D eigenvalue weighted by atomic mass is 32.2. The Balaban J connectivity index is 2.35. The number of benzene rings is 2. The van der Waals surface area contributed by atoms with Gasteiger partial charge in [-0.2, -0.15) is 8.42 Å². The van der Waals surface area contributed by atoms with Crippen LogP contribution in [-0.2, 0) is 26.1 Å². The van der Waals surface area contributed by atoms with E-state index in [0.29, 0.717) is 5.56 Å². The van der Waals surface area contributed by atoms with E-state index in [4.69, 9.17) is 9.29 Å². The molecule has 0 saturated carbocycles. The van der Waals surface area contributed by atoms with Crippen LogP contribution in [0.5, 0.6) is 0 Å². The maximum absolute atomic E-state index is 13.0. The number of esters is 1. The van der Waals surface area contributed by atoms with Gasteiger partial charge in [0.2, 0.25) is 0 Å². The Hall–Kier alpha value is -2.71. The maximum Gasteiger partial charge on any atom is 0.328 e. The van der Waals surface area contributed by atoms with E-state index < -0.39 is 33.8 Å². The summed E-state index contributed by atoms with van der Waals surface area (Å²) < 4.78 is 36.2. The van der Waals surface area contributed by atoms with Gasteiger partial charge in [-0.25, -0.2) is 4.79 Å². The molecule has 0 bridgehead atoms. The standard InChI is InChI=1S/C22H27NO6S/c1-3-9-16-10-5-6-11-17(16)18-12-7-8-13-19(18)21(24)23-20(22(25)29-4-2)14-15-30(26,27)28/h5-8,10-13,20H,3-4,9,14-15H2,1-2H3,(H,23,24)(H,26,27,28)/t20-/m0/s1. The summed E-state index contributed by atoms with van der Waals surface area (Å²) in [6.45, 7) is 3.77. The highest BCUT2D eigenvalue weighted by Gasteiger charge is 2.26. The zero-order valence-corrected chi connectivity index (χ0v) is 17.9. The first-order valence-corrected chi connectivity index (χ1v) is 11.5. The largest absolute Gasteiger partial charge is 0.464 e. The molecule has 0 aromatic heterocycles. The number of hydrogen-bond donors (Lipinski definition) is 2. The molecule has 2 aromatic carbocycles. The van der Waals surface area contributed by atoms with E-state index in [-0.39, 0.29) is 13.0 Å². The van der Waals surface area contributed by atoms with Crippen molar-refractivity contribution in [2.45, 2.75) is 39.2 Å². The van der Waals surface area contributed by atoms with Crippen LogP contribution in [0.3, 0.4) is 0 Å². The van der Waals surface area contributed by atoms with Crippen LogP contribution in [0.15, 0.2) is 48.5 Å². The monoisotopic (exact) mass is 433 g/mol. The topological polar surface area (TPSA) is 110 Å². The van der Waals surface area contributed by atoms with E-state index in [1.165, 1.54) is 0 Å². The smallest absolute Gasteiger partial charge is 0.328 e. The average molecular weight is 434 g/mol. The summed E-state index contributed by atoms with van der Waals surface area (Å²) in [4.78, 5) is 25.2. The van der Waals surface area contributed by atoms with Gasteiger partial charge in [-0.3, -0.25) is 9.35 Å². The van der Waals surface area contributed by atoms with Crippen molar-refractivity contribution in [1.82, 2.24) is 5.32 Å². The number of ether oxygens (including phenoxy) is 1. The second-order valence-electron chi connectivity index (χ2n) is 6.81. The number of rotatable bonds is 10. The number of carbonyl (C=O) groups is 2. The molecular formula is C22H27NO6S. The Labute approximate surface area is 177 Å². The minimum absolute atomic E-state index is 0.0814. The van der Waals surface area contributed by atoms with Gasteiger partial charge in [-0.15, -0.1) is 0 Å². The fourth-order valence-corrected chi connectivity index (χ4v) is 3.71.